The molecular formula is C23H23NO3S. The number of fused-ring (bicyclic) bond motifs is 1. The summed E-state index contributed by atoms with van der Waals surface area (Å²) >= 11 is 0. The number of ether oxygens (including phenoxy) is 1. The quantitative estimate of drug-likeness (QED) is 0.703. The van der Waals surface area contributed by atoms with Crippen LogP contribution in [0, 0.1) is 0 Å². The highest BCUT2D eigenvalue weighted by Crippen LogP contribution is 2.37. The van der Waals surface area contributed by atoms with Gasteiger partial charge >= 0.3 is 0 Å². The van der Waals surface area contributed by atoms with Crippen LogP contribution in [0.25, 0.3) is 10.8 Å². The third kappa shape index (κ3) is 2.76. The first-order valence-corrected chi connectivity index (χ1v) is 11.3. The minimum atomic E-state index is -3.76. The van der Waals surface area contributed by atoms with Gasteiger partial charge in [-0.25, -0.2) is 8.42 Å². The van der Waals surface area contributed by atoms with Crippen molar-refractivity contribution >= 4 is 26.5 Å². The third-order valence-electron chi connectivity index (χ3n) is 6.04. The summed E-state index contributed by atoms with van der Waals surface area (Å²) in [5.41, 5.74) is 5.53. The number of rotatable bonds is 4. The Morgan fingerprint density at radius 2 is 1.57 bits per heavy atom. The van der Waals surface area contributed by atoms with Gasteiger partial charge in [0.05, 0.1) is 12.8 Å². The summed E-state index contributed by atoms with van der Waals surface area (Å²) in [4.78, 5) is 0.221. The van der Waals surface area contributed by atoms with E-state index in [1.807, 2.05) is 30.3 Å². The van der Waals surface area contributed by atoms with Crippen molar-refractivity contribution in [2.45, 2.75) is 43.4 Å². The fourth-order valence-electron chi connectivity index (χ4n) is 4.65. The lowest BCUT2D eigenvalue weighted by Crippen LogP contribution is -2.16. The Hall–Kier alpha value is -2.53. The van der Waals surface area contributed by atoms with Crippen LogP contribution in [0.5, 0.6) is 5.75 Å². The zero-order valence-electron chi connectivity index (χ0n) is 15.9. The second-order valence-corrected chi connectivity index (χ2v) is 9.35. The van der Waals surface area contributed by atoms with Crippen molar-refractivity contribution in [3.8, 4) is 5.75 Å². The van der Waals surface area contributed by atoms with Crippen molar-refractivity contribution in [1.29, 1.82) is 0 Å². The number of hydrogen-bond acceptors (Lipinski definition) is 3. The number of nitrogens with one attached hydrogen (secondary N) is 1. The summed E-state index contributed by atoms with van der Waals surface area (Å²) in [6.45, 7) is 0. The van der Waals surface area contributed by atoms with Gasteiger partial charge in [0.2, 0.25) is 0 Å². The average Bonchev–Trinajstić information content (AvgIpc) is 3.13. The Morgan fingerprint density at radius 1 is 0.857 bits per heavy atom. The molecule has 28 heavy (non-hydrogen) atoms. The normalized spacial score (nSPS) is 15.5. The second-order valence-electron chi connectivity index (χ2n) is 7.70. The van der Waals surface area contributed by atoms with Gasteiger partial charge in [-0.15, -0.1) is 0 Å². The topological polar surface area (TPSA) is 55.4 Å². The van der Waals surface area contributed by atoms with E-state index in [9.17, 15) is 8.42 Å². The molecule has 144 valence electrons. The van der Waals surface area contributed by atoms with Crippen LogP contribution in [-0.4, -0.2) is 15.5 Å². The molecule has 3 aromatic rings. The Balaban J connectivity index is 1.61. The van der Waals surface area contributed by atoms with E-state index in [4.69, 9.17) is 4.74 Å². The number of methoxy groups -OCH3 is 1. The molecule has 5 heteroatoms. The minimum Gasteiger partial charge on any atom is -0.495 e. The first kappa shape index (κ1) is 17.6. The molecule has 0 heterocycles. The molecule has 0 amide bonds. The van der Waals surface area contributed by atoms with Crippen LogP contribution in [-0.2, 0) is 35.7 Å². The highest BCUT2D eigenvalue weighted by atomic mass is 32.2. The SMILES string of the molecule is COc1cc2c(cc1S(=O)(=O)Nc1ccc3c4c(cccc14)CC3)CCCC2. The zero-order valence-corrected chi connectivity index (χ0v) is 16.7. The van der Waals surface area contributed by atoms with Crippen molar-refractivity contribution in [2.24, 2.45) is 0 Å². The van der Waals surface area contributed by atoms with E-state index in [1.165, 1.54) is 29.2 Å². The van der Waals surface area contributed by atoms with E-state index < -0.39 is 10.0 Å². The van der Waals surface area contributed by atoms with Crippen LogP contribution in [0.2, 0.25) is 0 Å². The van der Waals surface area contributed by atoms with Gasteiger partial charge in [0.15, 0.2) is 0 Å². The largest absolute Gasteiger partial charge is 0.495 e. The summed E-state index contributed by atoms with van der Waals surface area (Å²) in [6, 6.07) is 13.8. The van der Waals surface area contributed by atoms with Crippen LogP contribution in [0.3, 0.4) is 0 Å². The number of sulfonamides is 1. The standard InChI is InChI=1S/C23H23NO3S/c1-27-21-13-17-5-2-3-6-18(17)14-22(21)28(25,26)24-20-12-11-16-10-9-15-7-4-8-19(20)23(15)16/h4,7-8,11-14,24H,2-3,5-6,9-10H2,1H3. The van der Waals surface area contributed by atoms with Gasteiger partial charge in [0.1, 0.15) is 10.6 Å². The lowest BCUT2D eigenvalue weighted by molar-refractivity contribution is 0.401. The number of hydrogen-bond donors (Lipinski definition) is 1. The van der Waals surface area contributed by atoms with Crippen molar-refractivity contribution in [3.05, 3.63) is 64.7 Å². The molecule has 0 radical (unpaired) electrons. The van der Waals surface area contributed by atoms with Gasteiger partial charge in [-0.2, -0.15) is 0 Å². The van der Waals surface area contributed by atoms with Crippen molar-refractivity contribution in [2.75, 3.05) is 11.8 Å². The predicted octanol–water partition coefficient (Wildman–Crippen LogP) is 4.63. The molecular weight excluding hydrogens is 370 g/mol. The fourth-order valence-corrected chi connectivity index (χ4v) is 5.93. The molecule has 0 saturated heterocycles. The summed E-state index contributed by atoms with van der Waals surface area (Å²) < 4.78 is 34.9. The predicted molar refractivity (Wildman–Crippen MR) is 112 cm³/mol. The molecule has 0 bridgehead atoms. The van der Waals surface area contributed by atoms with Gasteiger partial charge < -0.3 is 4.74 Å². The first-order valence-electron chi connectivity index (χ1n) is 9.83. The van der Waals surface area contributed by atoms with Crippen molar-refractivity contribution in [3.63, 3.8) is 0 Å². The van der Waals surface area contributed by atoms with E-state index in [0.29, 0.717) is 11.4 Å². The van der Waals surface area contributed by atoms with Crippen molar-refractivity contribution in [1.82, 2.24) is 0 Å². The molecule has 0 aromatic heterocycles. The minimum absolute atomic E-state index is 0.221. The van der Waals surface area contributed by atoms with Crippen LogP contribution in [0.1, 0.15) is 35.1 Å². The van der Waals surface area contributed by atoms with Gasteiger partial charge in [-0.05, 0) is 84.4 Å². The summed E-state index contributed by atoms with van der Waals surface area (Å²) in [7, 11) is -2.23. The Morgan fingerprint density at radius 3 is 2.32 bits per heavy atom. The second kappa shape index (κ2) is 6.52. The van der Waals surface area contributed by atoms with E-state index in [2.05, 4.69) is 10.8 Å². The molecule has 0 spiro atoms. The molecule has 0 atom stereocenters. The maximum absolute atomic E-state index is 13.3. The van der Waals surface area contributed by atoms with Gasteiger partial charge in [0.25, 0.3) is 10.0 Å². The highest BCUT2D eigenvalue weighted by Gasteiger charge is 2.25. The Bertz CT molecular complexity index is 1190. The molecule has 2 aliphatic carbocycles. The summed E-state index contributed by atoms with van der Waals surface area (Å²) in [5.74, 6) is 0.416. The summed E-state index contributed by atoms with van der Waals surface area (Å²) in [5, 5.41) is 2.16. The molecule has 0 aliphatic heterocycles. The zero-order chi connectivity index (χ0) is 19.3. The van der Waals surface area contributed by atoms with Crippen LogP contribution < -0.4 is 9.46 Å². The Labute approximate surface area is 165 Å². The molecule has 3 aromatic carbocycles. The van der Waals surface area contributed by atoms with Gasteiger partial charge in [0, 0.05) is 5.39 Å². The van der Waals surface area contributed by atoms with Gasteiger partial charge in [-0.1, -0.05) is 24.3 Å². The maximum atomic E-state index is 13.3. The number of benzene rings is 3. The first-order chi connectivity index (χ1) is 13.6. The van der Waals surface area contributed by atoms with E-state index in [-0.39, 0.29) is 4.90 Å². The molecule has 4 nitrogen and oxygen atoms in total. The number of aryl methyl sites for hydroxylation is 4. The van der Waals surface area contributed by atoms with E-state index in [0.717, 1.165) is 49.5 Å². The van der Waals surface area contributed by atoms with E-state index in [1.54, 1.807) is 6.07 Å². The lowest BCUT2D eigenvalue weighted by atomic mass is 9.92. The smallest absolute Gasteiger partial charge is 0.265 e. The Kier molecular flexibility index (Phi) is 4.09. The van der Waals surface area contributed by atoms with Gasteiger partial charge in [-0.3, -0.25) is 4.72 Å². The third-order valence-corrected chi connectivity index (χ3v) is 7.43. The monoisotopic (exact) mass is 393 g/mol. The molecule has 0 saturated carbocycles. The van der Waals surface area contributed by atoms with Crippen LogP contribution in [0.4, 0.5) is 5.69 Å². The molecule has 5 rings (SSSR count). The van der Waals surface area contributed by atoms with Crippen molar-refractivity contribution < 1.29 is 13.2 Å². The number of anilines is 1. The summed E-state index contributed by atoms with van der Waals surface area (Å²) in [6.07, 6.45) is 6.17. The molecule has 2 aliphatic rings. The highest BCUT2D eigenvalue weighted by molar-refractivity contribution is 7.92. The maximum Gasteiger partial charge on any atom is 0.265 e. The van der Waals surface area contributed by atoms with Crippen LogP contribution >= 0.6 is 0 Å². The van der Waals surface area contributed by atoms with Crippen LogP contribution in [0.15, 0.2) is 47.4 Å². The molecule has 0 unspecified atom stereocenters. The average molecular weight is 394 g/mol. The van der Waals surface area contributed by atoms with E-state index >= 15 is 0 Å². The molecule has 0 fully saturated rings. The lowest BCUT2D eigenvalue weighted by Gasteiger charge is -2.20. The molecule has 1 N–H and O–H groups in total. The fraction of sp³-hybridized carbons (Fsp3) is 0.304.